The standard InChI is InChI=1S/C14H23FN2O2/c1-4-19-13-6-5-10(15)9-11(13)14(18)12(16)7-8-17(2)3/h5-6,9,12,14,18H,4,7-8,16H2,1-3H3. The summed E-state index contributed by atoms with van der Waals surface area (Å²) in [5.41, 5.74) is 6.37. The van der Waals surface area contributed by atoms with Crippen LogP contribution in [0.5, 0.6) is 5.75 Å². The van der Waals surface area contributed by atoms with Crippen LogP contribution in [0.4, 0.5) is 4.39 Å². The molecule has 0 heterocycles. The fraction of sp³-hybridized carbons (Fsp3) is 0.571. The average molecular weight is 270 g/mol. The van der Waals surface area contributed by atoms with Gasteiger partial charge in [-0.2, -0.15) is 0 Å². The van der Waals surface area contributed by atoms with E-state index in [1.54, 1.807) is 0 Å². The van der Waals surface area contributed by atoms with Crippen molar-refractivity contribution in [1.29, 1.82) is 0 Å². The van der Waals surface area contributed by atoms with Gasteiger partial charge in [0.15, 0.2) is 0 Å². The molecule has 2 unspecified atom stereocenters. The lowest BCUT2D eigenvalue weighted by Crippen LogP contribution is -2.32. The van der Waals surface area contributed by atoms with Crippen LogP contribution in [-0.4, -0.2) is 43.3 Å². The molecular weight excluding hydrogens is 247 g/mol. The maximum Gasteiger partial charge on any atom is 0.125 e. The normalized spacial score (nSPS) is 14.5. The number of aliphatic hydroxyl groups excluding tert-OH is 1. The van der Waals surface area contributed by atoms with Crippen molar-refractivity contribution in [3.8, 4) is 5.75 Å². The van der Waals surface area contributed by atoms with Gasteiger partial charge >= 0.3 is 0 Å². The molecular formula is C14H23FN2O2. The third-order valence-corrected chi connectivity index (χ3v) is 2.91. The highest BCUT2D eigenvalue weighted by atomic mass is 19.1. The van der Waals surface area contributed by atoms with E-state index in [9.17, 15) is 9.50 Å². The van der Waals surface area contributed by atoms with Crippen molar-refractivity contribution in [2.45, 2.75) is 25.5 Å². The number of hydrogen-bond donors (Lipinski definition) is 2. The van der Waals surface area contributed by atoms with E-state index in [2.05, 4.69) is 0 Å². The van der Waals surface area contributed by atoms with Crippen molar-refractivity contribution in [2.24, 2.45) is 5.73 Å². The van der Waals surface area contributed by atoms with Crippen molar-refractivity contribution in [2.75, 3.05) is 27.2 Å². The number of nitrogens with two attached hydrogens (primary N) is 1. The Hall–Kier alpha value is -1.17. The average Bonchev–Trinajstić information content (AvgIpc) is 2.37. The highest BCUT2D eigenvalue weighted by Gasteiger charge is 2.21. The Morgan fingerprint density at radius 1 is 1.42 bits per heavy atom. The summed E-state index contributed by atoms with van der Waals surface area (Å²) in [6.07, 6.45) is -0.312. The molecule has 5 heteroatoms. The zero-order valence-corrected chi connectivity index (χ0v) is 11.8. The van der Waals surface area contributed by atoms with E-state index in [1.807, 2.05) is 25.9 Å². The van der Waals surface area contributed by atoms with Crippen LogP contribution in [0, 0.1) is 5.82 Å². The van der Waals surface area contributed by atoms with Gasteiger partial charge in [0.2, 0.25) is 0 Å². The fourth-order valence-corrected chi connectivity index (χ4v) is 1.83. The molecule has 0 bridgehead atoms. The van der Waals surface area contributed by atoms with Crippen molar-refractivity contribution >= 4 is 0 Å². The lowest BCUT2D eigenvalue weighted by atomic mass is 9.99. The monoisotopic (exact) mass is 270 g/mol. The first kappa shape index (κ1) is 15.9. The molecule has 0 saturated carbocycles. The molecule has 3 N–H and O–H groups in total. The molecule has 2 atom stereocenters. The fourth-order valence-electron chi connectivity index (χ4n) is 1.83. The summed E-state index contributed by atoms with van der Waals surface area (Å²) in [6, 6.07) is 3.66. The highest BCUT2D eigenvalue weighted by Crippen LogP contribution is 2.28. The lowest BCUT2D eigenvalue weighted by molar-refractivity contribution is 0.133. The van der Waals surface area contributed by atoms with Crippen molar-refractivity contribution < 1.29 is 14.2 Å². The Labute approximate surface area is 114 Å². The van der Waals surface area contributed by atoms with Gasteiger partial charge < -0.3 is 20.5 Å². The van der Waals surface area contributed by atoms with Crippen LogP contribution in [-0.2, 0) is 0 Å². The van der Waals surface area contributed by atoms with Crippen LogP contribution in [0.3, 0.4) is 0 Å². The first-order valence-corrected chi connectivity index (χ1v) is 6.46. The highest BCUT2D eigenvalue weighted by molar-refractivity contribution is 5.36. The van der Waals surface area contributed by atoms with E-state index >= 15 is 0 Å². The summed E-state index contributed by atoms with van der Waals surface area (Å²) in [7, 11) is 3.87. The van der Waals surface area contributed by atoms with Crippen LogP contribution >= 0.6 is 0 Å². The molecule has 1 aromatic carbocycles. The topological polar surface area (TPSA) is 58.7 Å². The molecule has 0 aromatic heterocycles. The molecule has 0 aliphatic heterocycles. The van der Waals surface area contributed by atoms with Gasteiger partial charge in [-0.3, -0.25) is 0 Å². The first-order valence-electron chi connectivity index (χ1n) is 6.46. The molecule has 0 aliphatic rings. The van der Waals surface area contributed by atoms with Gasteiger partial charge in [-0.05, 0) is 52.2 Å². The minimum absolute atomic E-state index is 0.405. The van der Waals surface area contributed by atoms with Crippen LogP contribution in [0.2, 0.25) is 0 Å². The molecule has 108 valence electrons. The molecule has 0 amide bonds. The third kappa shape index (κ3) is 4.78. The Morgan fingerprint density at radius 2 is 2.11 bits per heavy atom. The van der Waals surface area contributed by atoms with Gasteiger partial charge in [-0.1, -0.05) is 0 Å². The van der Waals surface area contributed by atoms with E-state index in [4.69, 9.17) is 10.5 Å². The molecule has 19 heavy (non-hydrogen) atoms. The van der Waals surface area contributed by atoms with Gasteiger partial charge in [0.25, 0.3) is 0 Å². The van der Waals surface area contributed by atoms with E-state index in [0.717, 1.165) is 6.54 Å². The zero-order chi connectivity index (χ0) is 14.4. The minimum atomic E-state index is -0.933. The predicted octanol–water partition coefficient (Wildman–Crippen LogP) is 1.54. The Kier molecular flexibility index (Phi) is 6.21. The van der Waals surface area contributed by atoms with Crippen molar-refractivity contribution in [3.63, 3.8) is 0 Å². The summed E-state index contributed by atoms with van der Waals surface area (Å²) >= 11 is 0. The third-order valence-electron chi connectivity index (χ3n) is 2.91. The number of hydrogen-bond acceptors (Lipinski definition) is 4. The Balaban J connectivity index is 2.84. The summed E-state index contributed by atoms with van der Waals surface area (Å²) < 4.78 is 18.7. The zero-order valence-electron chi connectivity index (χ0n) is 11.8. The number of ether oxygens (including phenoxy) is 1. The Morgan fingerprint density at radius 3 is 2.68 bits per heavy atom. The Bertz CT molecular complexity index is 399. The number of halogens is 1. The van der Waals surface area contributed by atoms with Crippen LogP contribution in [0.1, 0.15) is 25.0 Å². The smallest absolute Gasteiger partial charge is 0.125 e. The maximum absolute atomic E-state index is 13.3. The van der Waals surface area contributed by atoms with E-state index < -0.39 is 18.0 Å². The van der Waals surface area contributed by atoms with Gasteiger partial charge in [-0.25, -0.2) is 4.39 Å². The van der Waals surface area contributed by atoms with Crippen LogP contribution in [0.15, 0.2) is 18.2 Å². The second kappa shape index (κ2) is 7.43. The minimum Gasteiger partial charge on any atom is -0.493 e. The SMILES string of the molecule is CCOc1ccc(F)cc1C(O)C(N)CCN(C)C. The summed E-state index contributed by atoms with van der Waals surface area (Å²) in [5, 5.41) is 10.2. The largest absolute Gasteiger partial charge is 0.493 e. The lowest BCUT2D eigenvalue weighted by Gasteiger charge is -2.23. The molecule has 0 radical (unpaired) electrons. The molecule has 1 aromatic rings. The van der Waals surface area contributed by atoms with Gasteiger partial charge in [0, 0.05) is 11.6 Å². The van der Waals surface area contributed by atoms with E-state index in [1.165, 1.54) is 18.2 Å². The summed E-state index contributed by atoms with van der Waals surface area (Å²) in [6.45, 7) is 3.06. The van der Waals surface area contributed by atoms with Gasteiger partial charge in [0.05, 0.1) is 12.7 Å². The summed E-state index contributed by atoms with van der Waals surface area (Å²) in [5.74, 6) is 0.0778. The number of aliphatic hydroxyl groups is 1. The maximum atomic E-state index is 13.3. The first-order chi connectivity index (χ1) is 8.95. The second-order valence-corrected chi connectivity index (χ2v) is 4.82. The van der Waals surface area contributed by atoms with Crippen LogP contribution < -0.4 is 10.5 Å². The second-order valence-electron chi connectivity index (χ2n) is 4.82. The quantitative estimate of drug-likeness (QED) is 0.789. The van der Waals surface area contributed by atoms with E-state index in [0.29, 0.717) is 24.3 Å². The molecule has 0 spiro atoms. The van der Waals surface area contributed by atoms with Gasteiger partial charge in [-0.15, -0.1) is 0 Å². The number of benzene rings is 1. The van der Waals surface area contributed by atoms with Gasteiger partial charge in [0.1, 0.15) is 11.6 Å². The number of nitrogens with zero attached hydrogens (tertiary/aromatic N) is 1. The van der Waals surface area contributed by atoms with E-state index in [-0.39, 0.29) is 0 Å². The molecule has 1 rings (SSSR count). The van der Waals surface area contributed by atoms with Crippen molar-refractivity contribution in [3.05, 3.63) is 29.6 Å². The molecule has 0 fully saturated rings. The predicted molar refractivity (Wildman–Crippen MR) is 73.7 cm³/mol. The van der Waals surface area contributed by atoms with Crippen LogP contribution in [0.25, 0.3) is 0 Å². The molecule has 4 nitrogen and oxygen atoms in total. The molecule has 0 saturated heterocycles. The number of rotatable bonds is 7. The summed E-state index contributed by atoms with van der Waals surface area (Å²) in [4.78, 5) is 1.99. The van der Waals surface area contributed by atoms with Crippen molar-refractivity contribution in [1.82, 2.24) is 4.90 Å². The molecule has 0 aliphatic carbocycles.